The van der Waals surface area contributed by atoms with E-state index in [0.29, 0.717) is 12.7 Å². The van der Waals surface area contributed by atoms with Crippen LogP contribution < -0.4 is 10.9 Å². The maximum absolute atomic E-state index is 5.76. The van der Waals surface area contributed by atoms with Crippen LogP contribution in [-0.4, -0.2) is 33.1 Å². The fourth-order valence-electron chi connectivity index (χ4n) is 1.78. The molecule has 2 N–H and O–H groups in total. The summed E-state index contributed by atoms with van der Waals surface area (Å²) in [6.45, 7) is 0.613. The first kappa shape index (κ1) is 11.9. The predicted molar refractivity (Wildman–Crippen MR) is 55.8 cm³/mol. The van der Waals surface area contributed by atoms with E-state index in [1.807, 2.05) is 7.05 Å². The number of hydrogen-bond donors (Lipinski definition) is 2. The molecule has 14 heavy (non-hydrogen) atoms. The summed E-state index contributed by atoms with van der Waals surface area (Å²) in [4.78, 5) is 0. The van der Waals surface area contributed by atoms with Gasteiger partial charge in [-0.2, -0.15) is 0 Å². The largest absolute Gasteiger partial charge is 0.374 e. The van der Waals surface area contributed by atoms with Crippen molar-refractivity contribution in [3.8, 4) is 0 Å². The Morgan fingerprint density at radius 2 is 2.00 bits per heavy atom. The zero-order valence-corrected chi connectivity index (χ0v) is 9.21. The van der Waals surface area contributed by atoms with Crippen LogP contribution in [0.1, 0.15) is 32.1 Å². The first-order chi connectivity index (χ1) is 6.86. The maximum Gasteiger partial charge on any atom is 0.143 e. The molecule has 4 heteroatoms. The van der Waals surface area contributed by atoms with E-state index in [-0.39, 0.29) is 6.23 Å². The quantitative estimate of drug-likeness (QED) is 0.499. The van der Waals surface area contributed by atoms with Crippen molar-refractivity contribution in [1.29, 1.82) is 0 Å². The van der Waals surface area contributed by atoms with Crippen molar-refractivity contribution in [3.63, 3.8) is 0 Å². The molecule has 0 bridgehead atoms. The van der Waals surface area contributed by atoms with Gasteiger partial charge in [0.05, 0.1) is 12.7 Å². The normalized spacial score (nSPS) is 21.0. The van der Waals surface area contributed by atoms with Crippen LogP contribution >= 0.6 is 0 Å². The highest BCUT2D eigenvalue weighted by Gasteiger charge is 2.15. The van der Waals surface area contributed by atoms with Crippen molar-refractivity contribution < 1.29 is 9.47 Å². The third kappa shape index (κ3) is 4.37. The lowest BCUT2D eigenvalue weighted by atomic mass is 9.98. The Balaban J connectivity index is 2.10. The predicted octanol–water partition coefficient (Wildman–Crippen LogP) is 1.03. The molecule has 0 saturated heterocycles. The number of rotatable bonds is 6. The molecule has 0 radical (unpaired) electrons. The Bertz CT molecular complexity index is 133. The summed E-state index contributed by atoms with van der Waals surface area (Å²) in [6.07, 6.45) is 6.78. The molecule has 1 aliphatic rings. The highest BCUT2D eigenvalue weighted by molar-refractivity contribution is 4.65. The van der Waals surface area contributed by atoms with Gasteiger partial charge < -0.3 is 9.47 Å². The molecule has 1 saturated carbocycles. The molecule has 4 nitrogen and oxygen atoms in total. The Hall–Kier alpha value is -0.160. The minimum atomic E-state index is -0.0538. The van der Waals surface area contributed by atoms with Crippen LogP contribution in [0.25, 0.3) is 0 Å². The SMILES string of the molecule is CNNC(COC1CCCCC1)OC. The van der Waals surface area contributed by atoms with Gasteiger partial charge in [-0.1, -0.05) is 19.3 Å². The van der Waals surface area contributed by atoms with Crippen LogP contribution in [-0.2, 0) is 9.47 Å². The van der Waals surface area contributed by atoms with Crippen LogP contribution in [0.2, 0.25) is 0 Å². The van der Waals surface area contributed by atoms with Gasteiger partial charge in [0.15, 0.2) is 0 Å². The summed E-state index contributed by atoms with van der Waals surface area (Å²) in [7, 11) is 3.51. The highest BCUT2D eigenvalue weighted by atomic mass is 16.5. The number of hydrazine groups is 1. The van der Waals surface area contributed by atoms with E-state index in [2.05, 4.69) is 10.9 Å². The van der Waals surface area contributed by atoms with Crippen molar-refractivity contribution in [3.05, 3.63) is 0 Å². The second-order valence-corrected chi connectivity index (χ2v) is 3.71. The zero-order valence-electron chi connectivity index (χ0n) is 9.21. The molecule has 0 aromatic rings. The Morgan fingerprint density at radius 3 is 2.57 bits per heavy atom. The molecule has 0 aromatic carbocycles. The van der Waals surface area contributed by atoms with Crippen molar-refractivity contribution >= 4 is 0 Å². The van der Waals surface area contributed by atoms with Gasteiger partial charge in [-0.25, -0.2) is 5.43 Å². The molecular weight excluding hydrogens is 180 g/mol. The number of ether oxygens (including phenoxy) is 2. The van der Waals surface area contributed by atoms with Crippen LogP contribution in [0.4, 0.5) is 0 Å². The van der Waals surface area contributed by atoms with Crippen LogP contribution in [0.3, 0.4) is 0 Å². The third-order valence-corrected chi connectivity index (χ3v) is 2.63. The lowest BCUT2D eigenvalue weighted by molar-refractivity contribution is -0.0547. The summed E-state index contributed by atoms with van der Waals surface area (Å²) in [5, 5.41) is 0. The molecule has 1 fully saturated rings. The lowest BCUT2D eigenvalue weighted by Crippen LogP contribution is -2.43. The minimum absolute atomic E-state index is 0.0538. The summed E-state index contributed by atoms with van der Waals surface area (Å²) in [5.74, 6) is 0. The molecule has 0 aromatic heterocycles. The van der Waals surface area contributed by atoms with Gasteiger partial charge in [-0.3, -0.25) is 5.43 Å². The molecule has 1 aliphatic carbocycles. The van der Waals surface area contributed by atoms with Gasteiger partial charge in [-0.15, -0.1) is 0 Å². The molecule has 0 aliphatic heterocycles. The highest BCUT2D eigenvalue weighted by Crippen LogP contribution is 2.20. The van der Waals surface area contributed by atoms with E-state index in [1.165, 1.54) is 32.1 Å². The number of methoxy groups -OCH3 is 1. The van der Waals surface area contributed by atoms with E-state index < -0.39 is 0 Å². The fourth-order valence-corrected chi connectivity index (χ4v) is 1.78. The Kier molecular flexibility index (Phi) is 6.10. The molecule has 0 spiro atoms. The molecule has 0 heterocycles. The van der Waals surface area contributed by atoms with Gasteiger partial charge >= 0.3 is 0 Å². The molecular formula is C10H22N2O2. The summed E-state index contributed by atoms with van der Waals surface area (Å²) in [6, 6.07) is 0. The summed E-state index contributed by atoms with van der Waals surface area (Å²) in [5.41, 5.74) is 5.83. The average Bonchev–Trinajstić information content (AvgIpc) is 2.25. The van der Waals surface area contributed by atoms with Crippen LogP contribution in [0.5, 0.6) is 0 Å². The number of hydrogen-bond acceptors (Lipinski definition) is 4. The van der Waals surface area contributed by atoms with Gasteiger partial charge in [0.2, 0.25) is 0 Å². The van der Waals surface area contributed by atoms with Crippen LogP contribution in [0, 0.1) is 0 Å². The molecule has 0 amide bonds. The minimum Gasteiger partial charge on any atom is -0.374 e. The van der Waals surface area contributed by atoms with Crippen molar-refractivity contribution in [2.75, 3.05) is 20.8 Å². The van der Waals surface area contributed by atoms with Crippen molar-refractivity contribution in [1.82, 2.24) is 10.9 Å². The van der Waals surface area contributed by atoms with E-state index in [9.17, 15) is 0 Å². The topological polar surface area (TPSA) is 42.5 Å². The van der Waals surface area contributed by atoms with E-state index in [0.717, 1.165) is 0 Å². The Morgan fingerprint density at radius 1 is 1.29 bits per heavy atom. The Labute approximate surface area is 86.3 Å². The maximum atomic E-state index is 5.76. The first-order valence-electron chi connectivity index (χ1n) is 5.43. The second kappa shape index (κ2) is 7.17. The zero-order chi connectivity index (χ0) is 10.2. The summed E-state index contributed by atoms with van der Waals surface area (Å²) >= 11 is 0. The van der Waals surface area contributed by atoms with Crippen molar-refractivity contribution in [2.24, 2.45) is 0 Å². The van der Waals surface area contributed by atoms with E-state index in [1.54, 1.807) is 7.11 Å². The third-order valence-electron chi connectivity index (χ3n) is 2.63. The van der Waals surface area contributed by atoms with Crippen molar-refractivity contribution in [2.45, 2.75) is 44.4 Å². The summed E-state index contributed by atoms with van der Waals surface area (Å²) < 4.78 is 10.9. The molecule has 84 valence electrons. The number of nitrogens with one attached hydrogen (secondary N) is 2. The molecule has 1 rings (SSSR count). The molecule has 1 atom stereocenters. The average molecular weight is 202 g/mol. The van der Waals surface area contributed by atoms with Crippen LogP contribution in [0.15, 0.2) is 0 Å². The standard InChI is InChI=1S/C10H22N2O2/c1-11-12-10(13-2)8-14-9-6-4-3-5-7-9/h9-12H,3-8H2,1-2H3. The monoisotopic (exact) mass is 202 g/mol. The van der Waals surface area contributed by atoms with Gasteiger partial charge in [0.25, 0.3) is 0 Å². The smallest absolute Gasteiger partial charge is 0.143 e. The second-order valence-electron chi connectivity index (χ2n) is 3.71. The first-order valence-corrected chi connectivity index (χ1v) is 5.43. The fraction of sp³-hybridized carbons (Fsp3) is 1.00. The van der Waals surface area contributed by atoms with Gasteiger partial charge in [-0.05, 0) is 19.9 Å². The van der Waals surface area contributed by atoms with Gasteiger partial charge in [0.1, 0.15) is 6.23 Å². The van der Waals surface area contributed by atoms with Gasteiger partial charge in [0, 0.05) is 7.11 Å². The van der Waals surface area contributed by atoms with E-state index in [4.69, 9.17) is 9.47 Å². The lowest BCUT2D eigenvalue weighted by Gasteiger charge is -2.24. The molecule has 1 unspecified atom stereocenters. The van der Waals surface area contributed by atoms with E-state index >= 15 is 0 Å².